The Kier molecular flexibility index (Phi) is 3.16. The van der Waals surface area contributed by atoms with Crippen LogP contribution >= 0.6 is 0 Å². The second-order valence-corrected chi connectivity index (χ2v) is 8.30. The van der Waals surface area contributed by atoms with E-state index in [0.717, 1.165) is 29.8 Å². The van der Waals surface area contributed by atoms with Crippen molar-refractivity contribution >= 4 is 27.0 Å². The quantitative estimate of drug-likeness (QED) is 0.852. The third kappa shape index (κ3) is 2.19. The molecular weight excluding hydrogens is 300 g/mol. The minimum atomic E-state index is -3.05. The van der Waals surface area contributed by atoms with Crippen molar-refractivity contribution in [3.8, 4) is 0 Å². The molecule has 0 N–H and O–H groups in total. The summed E-state index contributed by atoms with van der Waals surface area (Å²) in [6, 6.07) is 8.06. The van der Waals surface area contributed by atoms with Gasteiger partial charge < -0.3 is 9.47 Å². The first-order valence-corrected chi connectivity index (χ1v) is 9.23. The molecule has 0 atom stereocenters. The Morgan fingerprint density at radius 3 is 2.41 bits per heavy atom. The Balaban J connectivity index is 1.54. The number of imidazole rings is 1. The fraction of sp³-hybridized carbons (Fsp3) is 0.533. The number of fused-ring (bicyclic) bond motifs is 1. The molecule has 2 aliphatic rings. The van der Waals surface area contributed by atoms with Gasteiger partial charge in [0.05, 0.1) is 16.3 Å². The van der Waals surface area contributed by atoms with E-state index in [-0.39, 0.29) is 5.25 Å². The summed E-state index contributed by atoms with van der Waals surface area (Å²) in [6.07, 6.45) is 1.65. The molecule has 0 spiro atoms. The van der Waals surface area contributed by atoms with Crippen LogP contribution in [0.2, 0.25) is 0 Å². The molecule has 2 heterocycles. The Bertz CT molecular complexity index is 802. The van der Waals surface area contributed by atoms with E-state index in [1.165, 1.54) is 0 Å². The Hall–Kier alpha value is -1.60. The highest BCUT2D eigenvalue weighted by Gasteiger charge is 2.41. The number of anilines is 1. The summed E-state index contributed by atoms with van der Waals surface area (Å²) in [7, 11) is -1.04. The van der Waals surface area contributed by atoms with Crippen molar-refractivity contribution in [3.63, 3.8) is 0 Å². The molecule has 2 aromatic rings. The molecule has 1 saturated carbocycles. The van der Waals surface area contributed by atoms with E-state index in [1.807, 2.05) is 25.2 Å². The van der Waals surface area contributed by atoms with Gasteiger partial charge in [-0.1, -0.05) is 12.1 Å². The fourth-order valence-corrected chi connectivity index (χ4v) is 4.96. The van der Waals surface area contributed by atoms with E-state index in [1.54, 1.807) is 4.31 Å². The molecule has 6 nitrogen and oxygen atoms in total. The van der Waals surface area contributed by atoms with Crippen molar-refractivity contribution in [1.29, 1.82) is 0 Å². The number of rotatable bonds is 3. The predicted molar refractivity (Wildman–Crippen MR) is 86.4 cm³/mol. The lowest BCUT2D eigenvalue weighted by molar-refractivity contribution is 0.381. The summed E-state index contributed by atoms with van der Waals surface area (Å²) in [6.45, 7) is 2.51. The van der Waals surface area contributed by atoms with Crippen LogP contribution in [-0.2, 0) is 17.1 Å². The van der Waals surface area contributed by atoms with Crippen molar-refractivity contribution in [1.82, 2.24) is 13.9 Å². The van der Waals surface area contributed by atoms with Crippen LogP contribution in [0.5, 0.6) is 0 Å². The maximum Gasteiger partial charge on any atom is 0.217 e. The van der Waals surface area contributed by atoms with Gasteiger partial charge in [-0.3, -0.25) is 0 Å². The highest BCUT2D eigenvalue weighted by molar-refractivity contribution is 7.90. The monoisotopic (exact) mass is 320 g/mol. The van der Waals surface area contributed by atoms with Crippen LogP contribution < -0.4 is 4.90 Å². The number of aryl methyl sites for hydroxylation is 1. The molecule has 1 aliphatic heterocycles. The van der Waals surface area contributed by atoms with Crippen LogP contribution in [0, 0.1) is 0 Å². The first-order chi connectivity index (χ1) is 10.6. The number of sulfonamides is 1. The van der Waals surface area contributed by atoms with E-state index in [2.05, 4.69) is 15.5 Å². The fourth-order valence-electron chi connectivity index (χ4n) is 3.13. The molecule has 118 valence electrons. The van der Waals surface area contributed by atoms with Crippen LogP contribution in [0.4, 0.5) is 5.95 Å². The lowest BCUT2D eigenvalue weighted by Crippen LogP contribution is -2.50. The van der Waals surface area contributed by atoms with Gasteiger partial charge in [0.2, 0.25) is 16.0 Å². The molecule has 1 aromatic carbocycles. The second kappa shape index (κ2) is 4.96. The average molecular weight is 320 g/mol. The summed E-state index contributed by atoms with van der Waals surface area (Å²) < 4.78 is 28.3. The van der Waals surface area contributed by atoms with E-state index < -0.39 is 10.0 Å². The van der Waals surface area contributed by atoms with Gasteiger partial charge in [0, 0.05) is 33.2 Å². The number of aromatic nitrogens is 2. The first-order valence-electron chi connectivity index (χ1n) is 7.73. The third-order valence-electron chi connectivity index (χ3n) is 4.59. The van der Waals surface area contributed by atoms with E-state index in [9.17, 15) is 8.42 Å². The highest BCUT2D eigenvalue weighted by Crippen LogP contribution is 2.32. The molecule has 7 heteroatoms. The number of benzene rings is 1. The Labute approximate surface area is 130 Å². The van der Waals surface area contributed by atoms with Crippen LogP contribution in [-0.4, -0.2) is 53.7 Å². The maximum atomic E-state index is 12.3. The molecule has 0 unspecified atom stereocenters. The zero-order valence-corrected chi connectivity index (χ0v) is 13.5. The van der Waals surface area contributed by atoms with Crippen LogP contribution in [0.1, 0.15) is 12.8 Å². The van der Waals surface area contributed by atoms with Crippen molar-refractivity contribution in [2.75, 3.05) is 31.1 Å². The molecule has 1 saturated heterocycles. The van der Waals surface area contributed by atoms with E-state index in [4.69, 9.17) is 4.98 Å². The van der Waals surface area contributed by atoms with Gasteiger partial charge >= 0.3 is 0 Å². The summed E-state index contributed by atoms with van der Waals surface area (Å²) in [5.41, 5.74) is 2.08. The van der Waals surface area contributed by atoms with Crippen LogP contribution in [0.15, 0.2) is 24.3 Å². The van der Waals surface area contributed by atoms with Gasteiger partial charge in [0.15, 0.2) is 0 Å². The van der Waals surface area contributed by atoms with Crippen molar-refractivity contribution in [2.24, 2.45) is 7.05 Å². The third-order valence-corrected chi connectivity index (χ3v) is 6.99. The standard InChI is InChI=1S/C15H20N4O2S/c1-17-14-5-3-2-4-13(14)16-15(17)18-8-10-19(11-9-18)22(20,21)12-6-7-12/h2-5,12H,6-11H2,1H3. The highest BCUT2D eigenvalue weighted by atomic mass is 32.2. The van der Waals surface area contributed by atoms with Crippen LogP contribution in [0.3, 0.4) is 0 Å². The molecular formula is C15H20N4O2S. The molecule has 4 rings (SSSR count). The first kappa shape index (κ1) is 14.0. The second-order valence-electron chi connectivity index (χ2n) is 6.09. The van der Waals surface area contributed by atoms with Crippen LogP contribution in [0.25, 0.3) is 11.0 Å². The van der Waals surface area contributed by atoms with Gasteiger partial charge in [0.1, 0.15) is 0 Å². The zero-order chi connectivity index (χ0) is 15.3. The molecule has 0 amide bonds. The van der Waals surface area contributed by atoms with Crippen molar-refractivity contribution < 1.29 is 8.42 Å². The zero-order valence-electron chi connectivity index (χ0n) is 12.6. The van der Waals surface area contributed by atoms with Gasteiger partial charge in [-0.25, -0.2) is 13.4 Å². The smallest absolute Gasteiger partial charge is 0.217 e. The van der Waals surface area contributed by atoms with Gasteiger partial charge in [-0.2, -0.15) is 4.31 Å². The molecule has 0 bridgehead atoms. The Morgan fingerprint density at radius 2 is 1.77 bits per heavy atom. The summed E-state index contributed by atoms with van der Waals surface area (Å²) >= 11 is 0. The van der Waals surface area contributed by atoms with Crippen molar-refractivity contribution in [2.45, 2.75) is 18.1 Å². The molecule has 22 heavy (non-hydrogen) atoms. The summed E-state index contributed by atoms with van der Waals surface area (Å²) in [5.74, 6) is 0.921. The number of hydrogen-bond donors (Lipinski definition) is 0. The van der Waals surface area contributed by atoms with Gasteiger partial charge in [-0.15, -0.1) is 0 Å². The summed E-state index contributed by atoms with van der Waals surface area (Å²) in [5, 5.41) is -0.116. The molecule has 0 radical (unpaired) electrons. The number of nitrogens with zero attached hydrogens (tertiary/aromatic N) is 4. The molecule has 1 aliphatic carbocycles. The average Bonchev–Trinajstić information content (AvgIpc) is 3.34. The SMILES string of the molecule is Cn1c(N2CCN(S(=O)(=O)C3CC3)CC2)nc2ccccc21. The van der Waals surface area contributed by atoms with E-state index in [0.29, 0.717) is 26.2 Å². The maximum absolute atomic E-state index is 12.3. The number of piperazine rings is 1. The molecule has 2 fully saturated rings. The lowest BCUT2D eigenvalue weighted by atomic mass is 10.3. The Morgan fingerprint density at radius 1 is 1.09 bits per heavy atom. The number of hydrogen-bond acceptors (Lipinski definition) is 4. The largest absolute Gasteiger partial charge is 0.340 e. The van der Waals surface area contributed by atoms with Gasteiger partial charge in [-0.05, 0) is 25.0 Å². The normalized spacial score (nSPS) is 20.7. The predicted octanol–water partition coefficient (Wildman–Crippen LogP) is 1.19. The molecule has 1 aromatic heterocycles. The minimum Gasteiger partial charge on any atom is -0.340 e. The van der Waals surface area contributed by atoms with Gasteiger partial charge in [0.25, 0.3) is 0 Å². The minimum absolute atomic E-state index is 0.116. The van der Waals surface area contributed by atoms with E-state index >= 15 is 0 Å². The topological polar surface area (TPSA) is 58.4 Å². The van der Waals surface area contributed by atoms with Crippen molar-refractivity contribution in [3.05, 3.63) is 24.3 Å². The summed E-state index contributed by atoms with van der Waals surface area (Å²) in [4.78, 5) is 6.87. The number of para-hydroxylation sites is 2. The lowest BCUT2D eigenvalue weighted by Gasteiger charge is -2.34.